The molecule has 1 atom stereocenters. The highest BCUT2D eigenvalue weighted by molar-refractivity contribution is 5.16. The SMILES string of the molecule is OCC[C@@H]1CN(CCCc2ccccc2)CCN1Cc1ccc(F)cc1. The summed E-state index contributed by atoms with van der Waals surface area (Å²) in [6, 6.07) is 17.8. The average Bonchev–Trinajstić information content (AvgIpc) is 2.66. The first-order valence-corrected chi connectivity index (χ1v) is 9.60. The van der Waals surface area contributed by atoms with E-state index in [2.05, 4.69) is 40.1 Å². The molecule has 3 rings (SSSR count). The van der Waals surface area contributed by atoms with E-state index < -0.39 is 0 Å². The molecular weight excluding hydrogens is 327 g/mol. The molecule has 26 heavy (non-hydrogen) atoms. The van der Waals surface area contributed by atoms with Crippen LogP contribution in [0.1, 0.15) is 24.0 Å². The molecule has 1 aliphatic heterocycles. The Hall–Kier alpha value is -1.75. The van der Waals surface area contributed by atoms with Crippen LogP contribution in [-0.4, -0.2) is 53.7 Å². The lowest BCUT2D eigenvalue weighted by Crippen LogP contribution is -2.53. The van der Waals surface area contributed by atoms with Gasteiger partial charge in [-0.25, -0.2) is 4.39 Å². The van der Waals surface area contributed by atoms with Crippen LogP contribution in [-0.2, 0) is 13.0 Å². The number of hydrogen-bond donors (Lipinski definition) is 1. The van der Waals surface area contributed by atoms with Crippen molar-refractivity contribution in [1.29, 1.82) is 0 Å². The molecule has 140 valence electrons. The van der Waals surface area contributed by atoms with Gasteiger partial charge in [0.25, 0.3) is 0 Å². The highest BCUT2D eigenvalue weighted by Crippen LogP contribution is 2.17. The van der Waals surface area contributed by atoms with Gasteiger partial charge in [0.05, 0.1) is 0 Å². The molecule has 4 heteroatoms. The Kier molecular flexibility index (Phi) is 7.18. The van der Waals surface area contributed by atoms with Gasteiger partial charge < -0.3 is 10.0 Å². The van der Waals surface area contributed by atoms with Crippen molar-refractivity contribution >= 4 is 0 Å². The number of nitrogens with zero attached hydrogens (tertiary/aromatic N) is 2. The molecule has 0 spiro atoms. The number of piperazine rings is 1. The van der Waals surface area contributed by atoms with Crippen molar-refractivity contribution in [3.63, 3.8) is 0 Å². The summed E-state index contributed by atoms with van der Waals surface area (Å²) in [5, 5.41) is 9.45. The number of hydrogen-bond acceptors (Lipinski definition) is 3. The van der Waals surface area contributed by atoms with Crippen LogP contribution in [0.5, 0.6) is 0 Å². The van der Waals surface area contributed by atoms with Crippen LogP contribution < -0.4 is 0 Å². The summed E-state index contributed by atoms with van der Waals surface area (Å²) in [7, 11) is 0. The molecular formula is C22H29FN2O. The molecule has 1 fully saturated rings. The maximum absolute atomic E-state index is 13.1. The molecule has 2 aromatic rings. The van der Waals surface area contributed by atoms with E-state index in [9.17, 15) is 9.50 Å². The summed E-state index contributed by atoms with van der Waals surface area (Å²) >= 11 is 0. The van der Waals surface area contributed by atoms with Crippen molar-refractivity contribution in [3.05, 3.63) is 71.5 Å². The predicted molar refractivity (Wildman–Crippen MR) is 104 cm³/mol. The minimum absolute atomic E-state index is 0.191. The third-order valence-electron chi connectivity index (χ3n) is 5.23. The van der Waals surface area contributed by atoms with E-state index in [1.54, 1.807) is 0 Å². The molecule has 2 aromatic carbocycles. The second kappa shape index (κ2) is 9.81. The number of halogens is 1. The monoisotopic (exact) mass is 356 g/mol. The minimum Gasteiger partial charge on any atom is -0.396 e. The largest absolute Gasteiger partial charge is 0.396 e. The average molecular weight is 356 g/mol. The summed E-state index contributed by atoms with van der Waals surface area (Å²) in [5.74, 6) is -0.191. The maximum Gasteiger partial charge on any atom is 0.123 e. The fraction of sp³-hybridized carbons (Fsp3) is 0.455. The minimum atomic E-state index is -0.191. The lowest BCUT2D eigenvalue weighted by Gasteiger charge is -2.41. The van der Waals surface area contributed by atoms with Crippen molar-refractivity contribution < 1.29 is 9.50 Å². The quantitative estimate of drug-likeness (QED) is 0.786. The maximum atomic E-state index is 13.1. The first-order valence-electron chi connectivity index (χ1n) is 9.60. The van der Waals surface area contributed by atoms with E-state index >= 15 is 0 Å². The van der Waals surface area contributed by atoms with Crippen molar-refractivity contribution in [3.8, 4) is 0 Å². The van der Waals surface area contributed by atoms with Crippen LogP contribution in [0.2, 0.25) is 0 Å². The van der Waals surface area contributed by atoms with E-state index in [1.165, 1.54) is 17.7 Å². The molecule has 0 radical (unpaired) electrons. The zero-order valence-electron chi connectivity index (χ0n) is 15.4. The zero-order valence-corrected chi connectivity index (χ0v) is 15.4. The van der Waals surface area contributed by atoms with Crippen molar-refractivity contribution in [2.24, 2.45) is 0 Å². The van der Waals surface area contributed by atoms with Gasteiger partial charge >= 0.3 is 0 Å². The first kappa shape index (κ1) is 19.0. The van der Waals surface area contributed by atoms with E-state index in [0.29, 0.717) is 6.04 Å². The van der Waals surface area contributed by atoms with E-state index in [4.69, 9.17) is 0 Å². The van der Waals surface area contributed by atoms with Gasteiger partial charge in [0.1, 0.15) is 5.82 Å². The van der Waals surface area contributed by atoms with E-state index in [1.807, 2.05) is 12.1 Å². The Labute approximate surface area is 156 Å². The molecule has 1 heterocycles. The first-order chi connectivity index (χ1) is 12.7. The van der Waals surface area contributed by atoms with E-state index in [-0.39, 0.29) is 12.4 Å². The summed E-state index contributed by atoms with van der Waals surface area (Å²) in [6.45, 7) is 5.17. The number of benzene rings is 2. The second-order valence-corrected chi connectivity index (χ2v) is 7.15. The van der Waals surface area contributed by atoms with Gasteiger partial charge in [0.15, 0.2) is 0 Å². The van der Waals surface area contributed by atoms with Crippen LogP contribution in [0.3, 0.4) is 0 Å². The second-order valence-electron chi connectivity index (χ2n) is 7.15. The Morgan fingerprint density at radius 3 is 2.46 bits per heavy atom. The zero-order chi connectivity index (χ0) is 18.2. The third kappa shape index (κ3) is 5.63. The number of aryl methyl sites for hydroxylation is 1. The van der Waals surface area contributed by atoms with Crippen molar-refractivity contribution in [1.82, 2.24) is 9.80 Å². The Morgan fingerprint density at radius 1 is 0.962 bits per heavy atom. The smallest absolute Gasteiger partial charge is 0.123 e. The molecule has 0 aliphatic carbocycles. The fourth-order valence-corrected chi connectivity index (χ4v) is 3.77. The van der Waals surface area contributed by atoms with Gasteiger partial charge in [-0.05, 0) is 49.1 Å². The van der Waals surface area contributed by atoms with Gasteiger partial charge in [0.2, 0.25) is 0 Å². The van der Waals surface area contributed by atoms with Crippen LogP contribution >= 0.6 is 0 Å². The molecule has 0 amide bonds. The van der Waals surface area contributed by atoms with Gasteiger partial charge in [-0.2, -0.15) is 0 Å². The highest BCUT2D eigenvalue weighted by Gasteiger charge is 2.26. The van der Waals surface area contributed by atoms with Crippen LogP contribution in [0.15, 0.2) is 54.6 Å². The highest BCUT2D eigenvalue weighted by atomic mass is 19.1. The number of aliphatic hydroxyl groups excluding tert-OH is 1. The Morgan fingerprint density at radius 2 is 1.73 bits per heavy atom. The third-order valence-corrected chi connectivity index (χ3v) is 5.23. The van der Waals surface area contributed by atoms with Crippen LogP contribution in [0.25, 0.3) is 0 Å². The molecule has 1 saturated heterocycles. The standard InChI is InChI=1S/C22H29FN2O/c23-21-10-8-20(9-11-21)17-25-15-14-24(18-22(25)12-16-26)13-4-7-19-5-2-1-3-6-19/h1-3,5-6,8-11,22,26H,4,7,12-18H2/t22-/m1/s1. The predicted octanol–water partition coefficient (Wildman–Crippen LogP) is 3.33. The molecule has 0 saturated carbocycles. The van der Waals surface area contributed by atoms with E-state index in [0.717, 1.165) is 57.5 Å². The summed E-state index contributed by atoms with van der Waals surface area (Å²) in [5.41, 5.74) is 2.53. The lowest BCUT2D eigenvalue weighted by atomic mass is 10.1. The van der Waals surface area contributed by atoms with Crippen LogP contribution in [0.4, 0.5) is 4.39 Å². The molecule has 0 unspecified atom stereocenters. The molecule has 1 aliphatic rings. The van der Waals surface area contributed by atoms with Gasteiger partial charge in [-0.3, -0.25) is 4.90 Å². The van der Waals surface area contributed by atoms with Crippen LogP contribution in [0, 0.1) is 5.82 Å². The fourth-order valence-electron chi connectivity index (χ4n) is 3.77. The summed E-state index contributed by atoms with van der Waals surface area (Å²) < 4.78 is 13.1. The van der Waals surface area contributed by atoms with Gasteiger partial charge in [-0.1, -0.05) is 42.5 Å². The summed E-state index contributed by atoms with van der Waals surface area (Å²) in [6.07, 6.45) is 3.06. The van der Waals surface area contributed by atoms with Gasteiger partial charge in [-0.15, -0.1) is 0 Å². The summed E-state index contributed by atoms with van der Waals surface area (Å²) in [4.78, 5) is 4.95. The Bertz CT molecular complexity index is 647. The van der Waals surface area contributed by atoms with Gasteiger partial charge in [0, 0.05) is 38.8 Å². The lowest BCUT2D eigenvalue weighted by molar-refractivity contribution is 0.0533. The number of rotatable bonds is 8. The molecule has 1 N–H and O–H groups in total. The molecule has 0 bridgehead atoms. The van der Waals surface area contributed by atoms with Crippen molar-refractivity contribution in [2.75, 3.05) is 32.8 Å². The molecule has 3 nitrogen and oxygen atoms in total. The number of aliphatic hydroxyl groups is 1. The Balaban J connectivity index is 1.49. The molecule has 0 aromatic heterocycles. The van der Waals surface area contributed by atoms with Crippen molar-refractivity contribution in [2.45, 2.75) is 31.8 Å². The topological polar surface area (TPSA) is 26.7 Å². The normalized spacial score (nSPS) is 18.9.